The average Bonchev–Trinajstić information content (AvgIpc) is 1.14. The van der Waals surface area contributed by atoms with Crippen LogP contribution in [0.3, 0.4) is 0 Å². The summed E-state index contributed by atoms with van der Waals surface area (Å²) in [5.74, 6) is 0.933. The number of phosphoric ester groups is 2. The molecule has 0 aromatic rings. The molecule has 0 aromatic carbocycles. The Morgan fingerprint density at radius 2 is 0.424 bits per heavy atom. The van der Waals surface area contributed by atoms with E-state index in [2.05, 4.69) is 55.4 Å². The summed E-state index contributed by atoms with van der Waals surface area (Å²) >= 11 is 0. The maximum atomic E-state index is 13.1. The molecule has 0 spiro atoms. The van der Waals surface area contributed by atoms with Gasteiger partial charge in [0.05, 0.1) is 26.4 Å². The van der Waals surface area contributed by atoms with Crippen molar-refractivity contribution in [3.8, 4) is 0 Å². The summed E-state index contributed by atoms with van der Waals surface area (Å²) in [6, 6.07) is 0. The standard InChI is InChI=1S/C80H156O17P2/c1-70(2)56-48-40-32-26-20-16-12-9-10-14-18-22-30-36-46-54-63-80(85)97-76(67-91-78(83)61-53-45-39-38-43-51-59-73(7)8)69-95-99(88,89)93-65-74(81)64-92-98(86,87)94-68-75(66-90-77(82)60-52-44-35-29-25-24-28-34-42-50-58-72(5)6)96-79(84)62-55-47-37-31-23-19-15-11-13-17-21-27-33-41-49-57-71(3)4/h70-76,81H,9-69H2,1-8H3,(H,86,87)(H,88,89)/t74?,75-,76-/m1/s1. The quantitative estimate of drug-likeness (QED) is 0.0222. The number of hydrogen-bond acceptors (Lipinski definition) is 15. The number of aliphatic hydroxyl groups excluding tert-OH is 1. The van der Waals surface area contributed by atoms with Crippen LogP contribution < -0.4 is 0 Å². The maximum absolute atomic E-state index is 13.1. The molecule has 0 aliphatic rings. The third-order valence-electron chi connectivity index (χ3n) is 18.6. The van der Waals surface area contributed by atoms with Crippen LogP contribution in [0.15, 0.2) is 0 Å². The van der Waals surface area contributed by atoms with E-state index in [-0.39, 0.29) is 25.7 Å². The van der Waals surface area contributed by atoms with E-state index < -0.39 is 97.5 Å². The van der Waals surface area contributed by atoms with Gasteiger partial charge in [0, 0.05) is 25.7 Å². The molecule has 3 unspecified atom stereocenters. The Balaban J connectivity index is 5.20. The number of ether oxygens (including phenoxy) is 4. The van der Waals surface area contributed by atoms with E-state index in [0.29, 0.717) is 31.6 Å². The van der Waals surface area contributed by atoms with Crippen molar-refractivity contribution in [3.05, 3.63) is 0 Å². The minimum absolute atomic E-state index is 0.107. The maximum Gasteiger partial charge on any atom is 0.472 e. The molecule has 0 fully saturated rings. The van der Waals surface area contributed by atoms with Crippen LogP contribution in [-0.4, -0.2) is 96.7 Å². The lowest BCUT2D eigenvalue weighted by atomic mass is 10.0. The van der Waals surface area contributed by atoms with Gasteiger partial charge in [-0.2, -0.15) is 0 Å². The van der Waals surface area contributed by atoms with Crippen molar-refractivity contribution in [3.63, 3.8) is 0 Å². The molecule has 5 atom stereocenters. The number of esters is 4. The van der Waals surface area contributed by atoms with Crippen molar-refractivity contribution < 1.29 is 80.2 Å². The molecule has 0 aliphatic carbocycles. The Morgan fingerprint density at radius 1 is 0.253 bits per heavy atom. The van der Waals surface area contributed by atoms with E-state index in [4.69, 9.17) is 37.0 Å². The van der Waals surface area contributed by atoms with Crippen LogP contribution >= 0.6 is 15.6 Å². The van der Waals surface area contributed by atoms with E-state index in [0.717, 1.165) is 114 Å². The van der Waals surface area contributed by atoms with E-state index in [9.17, 15) is 43.2 Å². The van der Waals surface area contributed by atoms with Crippen molar-refractivity contribution in [1.29, 1.82) is 0 Å². The minimum Gasteiger partial charge on any atom is -0.462 e. The first kappa shape index (κ1) is 97.1. The summed E-state index contributed by atoms with van der Waals surface area (Å²) in [6.45, 7) is 14.2. The van der Waals surface area contributed by atoms with E-state index in [1.54, 1.807) is 0 Å². The van der Waals surface area contributed by atoms with E-state index in [1.807, 2.05) is 0 Å². The molecule has 99 heavy (non-hydrogen) atoms. The van der Waals surface area contributed by atoms with E-state index >= 15 is 0 Å². The van der Waals surface area contributed by atoms with Crippen LogP contribution in [0.1, 0.15) is 409 Å². The average molecular weight is 1450 g/mol. The summed E-state index contributed by atoms with van der Waals surface area (Å²) in [6.07, 6.45) is 55.7. The molecule has 19 heteroatoms. The number of aliphatic hydroxyl groups is 1. The fourth-order valence-corrected chi connectivity index (χ4v) is 13.8. The van der Waals surface area contributed by atoms with Gasteiger partial charge >= 0.3 is 39.5 Å². The largest absolute Gasteiger partial charge is 0.472 e. The number of hydrogen-bond donors (Lipinski definition) is 3. The monoisotopic (exact) mass is 1450 g/mol. The Hall–Kier alpha value is -1.94. The van der Waals surface area contributed by atoms with Crippen LogP contribution in [0.4, 0.5) is 0 Å². The first-order valence-corrected chi connectivity index (χ1v) is 44.2. The number of phosphoric acid groups is 2. The zero-order valence-electron chi connectivity index (χ0n) is 65.1. The summed E-state index contributed by atoms with van der Waals surface area (Å²) in [5, 5.41) is 10.6. The molecule has 588 valence electrons. The lowest BCUT2D eigenvalue weighted by molar-refractivity contribution is -0.161. The van der Waals surface area contributed by atoms with Gasteiger partial charge in [-0.3, -0.25) is 37.3 Å². The van der Waals surface area contributed by atoms with Crippen LogP contribution in [0, 0.1) is 23.7 Å². The molecule has 0 bridgehead atoms. The third-order valence-corrected chi connectivity index (χ3v) is 20.5. The Kier molecular flexibility index (Phi) is 67.8. The highest BCUT2D eigenvalue weighted by molar-refractivity contribution is 7.47. The molecule has 0 aromatic heterocycles. The van der Waals surface area contributed by atoms with Crippen LogP contribution in [0.2, 0.25) is 0 Å². The summed E-state index contributed by atoms with van der Waals surface area (Å²) < 4.78 is 68.6. The lowest BCUT2D eigenvalue weighted by Crippen LogP contribution is -2.30. The second-order valence-electron chi connectivity index (χ2n) is 30.7. The lowest BCUT2D eigenvalue weighted by Gasteiger charge is -2.21. The molecule has 0 radical (unpaired) electrons. The number of rotatable bonds is 77. The molecule has 0 amide bonds. The van der Waals surface area contributed by atoms with Gasteiger partial charge in [-0.1, -0.05) is 357 Å². The summed E-state index contributed by atoms with van der Waals surface area (Å²) in [4.78, 5) is 72.9. The van der Waals surface area contributed by atoms with Crippen molar-refractivity contribution in [2.75, 3.05) is 39.6 Å². The zero-order chi connectivity index (χ0) is 73.1. The van der Waals surface area contributed by atoms with Gasteiger partial charge in [0.15, 0.2) is 12.2 Å². The fraction of sp³-hybridized carbons (Fsp3) is 0.950. The van der Waals surface area contributed by atoms with Gasteiger partial charge in [-0.15, -0.1) is 0 Å². The minimum atomic E-state index is -4.96. The smallest absolute Gasteiger partial charge is 0.462 e. The Bertz CT molecular complexity index is 1940. The number of unbranched alkanes of at least 4 members (excludes halogenated alkanes) is 43. The topological polar surface area (TPSA) is 237 Å². The second-order valence-corrected chi connectivity index (χ2v) is 33.6. The Labute approximate surface area is 607 Å². The SMILES string of the molecule is CC(C)CCCCCCCCCCCCCCCCCCC(=O)O[C@H](COC(=O)CCCCCCCCC(C)C)COP(=O)(O)OCC(O)COP(=O)(O)OC[C@@H](COC(=O)CCCCCCCCCCCCC(C)C)OC(=O)CCCCCCCCCCCCCCCCCC(C)C. The van der Waals surface area contributed by atoms with Crippen molar-refractivity contribution in [1.82, 2.24) is 0 Å². The first-order valence-electron chi connectivity index (χ1n) is 41.2. The van der Waals surface area contributed by atoms with Crippen LogP contribution in [0.25, 0.3) is 0 Å². The van der Waals surface area contributed by atoms with Gasteiger partial charge in [0.1, 0.15) is 19.3 Å². The highest BCUT2D eigenvalue weighted by atomic mass is 31.2. The van der Waals surface area contributed by atoms with Gasteiger partial charge in [0.2, 0.25) is 0 Å². The predicted molar refractivity (Wildman–Crippen MR) is 404 cm³/mol. The van der Waals surface area contributed by atoms with Gasteiger partial charge < -0.3 is 33.8 Å². The highest BCUT2D eigenvalue weighted by Crippen LogP contribution is 2.45. The van der Waals surface area contributed by atoms with Crippen molar-refractivity contribution in [2.45, 2.75) is 427 Å². The molecule has 0 rings (SSSR count). The number of carbonyl (C=O) groups is 4. The third kappa shape index (κ3) is 74.1. The van der Waals surface area contributed by atoms with Gasteiger partial charge in [-0.05, 0) is 49.4 Å². The molecule has 0 saturated carbocycles. The second kappa shape index (κ2) is 69.1. The normalized spacial score (nSPS) is 14.1. The molecule has 0 heterocycles. The molecular formula is C80H156O17P2. The first-order chi connectivity index (χ1) is 47.6. The molecule has 0 aliphatic heterocycles. The summed E-state index contributed by atoms with van der Waals surface area (Å²) in [7, 11) is -9.92. The zero-order valence-corrected chi connectivity index (χ0v) is 66.9. The number of carbonyl (C=O) groups excluding carboxylic acids is 4. The van der Waals surface area contributed by atoms with E-state index in [1.165, 1.54) is 205 Å². The highest BCUT2D eigenvalue weighted by Gasteiger charge is 2.30. The van der Waals surface area contributed by atoms with Crippen LogP contribution in [-0.2, 0) is 65.4 Å². The predicted octanol–water partition coefficient (Wildman–Crippen LogP) is 23.6. The van der Waals surface area contributed by atoms with Crippen LogP contribution in [0.5, 0.6) is 0 Å². The fourth-order valence-electron chi connectivity index (χ4n) is 12.3. The summed E-state index contributed by atoms with van der Waals surface area (Å²) in [5.41, 5.74) is 0. The van der Waals surface area contributed by atoms with Crippen molar-refractivity contribution >= 4 is 39.5 Å². The van der Waals surface area contributed by atoms with Crippen molar-refractivity contribution in [2.24, 2.45) is 23.7 Å². The van der Waals surface area contributed by atoms with Gasteiger partial charge in [0.25, 0.3) is 0 Å². The molecule has 17 nitrogen and oxygen atoms in total. The van der Waals surface area contributed by atoms with Gasteiger partial charge in [-0.25, -0.2) is 9.13 Å². The molecular weight excluding hydrogens is 1290 g/mol. The molecule has 3 N–H and O–H groups in total. The Morgan fingerprint density at radius 3 is 0.626 bits per heavy atom. The molecule has 0 saturated heterocycles.